The third kappa shape index (κ3) is 6.14. The van der Waals surface area contributed by atoms with Crippen molar-refractivity contribution < 1.29 is 14.2 Å². The van der Waals surface area contributed by atoms with E-state index in [2.05, 4.69) is 67.3 Å². The van der Waals surface area contributed by atoms with E-state index in [1.54, 1.807) is 0 Å². The number of rotatable bonds is 10. The summed E-state index contributed by atoms with van der Waals surface area (Å²) in [6, 6.07) is 15.3. The van der Waals surface area contributed by atoms with Crippen molar-refractivity contribution in [3.8, 4) is 16.9 Å². The minimum atomic E-state index is 0.591. The molecule has 1 atom stereocenters. The number of ether oxygens (including phenoxy) is 3. The van der Waals surface area contributed by atoms with E-state index in [1.807, 2.05) is 0 Å². The monoisotopic (exact) mass is 435 g/mol. The van der Waals surface area contributed by atoms with Gasteiger partial charge in [0.1, 0.15) is 12.4 Å². The average Bonchev–Trinajstić information content (AvgIpc) is 3.27. The van der Waals surface area contributed by atoms with Crippen molar-refractivity contribution in [3.63, 3.8) is 0 Å². The molecule has 0 amide bonds. The molecule has 32 heavy (non-hydrogen) atoms. The summed E-state index contributed by atoms with van der Waals surface area (Å²) in [5.74, 6) is 1.54. The Bertz CT molecular complexity index is 884. The maximum Gasteiger partial charge on any atom is 0.119 e. The van der Waals surface area contributed by atoms with Crippen molar-refractivity contribution in [2.45, 2.75) is 39.5 Å². The third-order valence-electron chi connectivity index (χ3n) is 6.38. The van der Waals surface area contributed by atoms with Crippen LogP contribution in [-0.4, -0.2) is 46.1 Å². The van der Waals surface area contributed by atoms with Crippen LogP contribution < -0.4 is 9.64 Å². The van der Waals surface area contributed by atoms with Gasteiger partial charge < -0.3 is 19.1 Å². The Morgan fingerprint density at radius 1 is 1.03 bits per heavy atom. The van der Waals surface area contributed by atoms with Gasteiger partial charge in [0.2, 0.25) is 0 Å². The minimum absolute atomic E-state index is 0.591. The van der Waals surface area contributed by atoms with Gasteiger partial charge in [-0.1, -0.05) is 43.2 Å². The van der Waals surface area contributed by atoms with Crippen LogP contribution in [0.15, 0.2) is 48.0 Å². The lowest BCUT2D eigenvalue weighted by molar-refractivity contribution is 0.0981. The largest absolute Gasteiger partial charge is 0.491 e. The van der Waals surface area contributed by atoms with Crippen LogP contribution in [0.3, 0.4) is 0 Å². The first-order chi connectivity index (χ1) is 15.7. The van der Waals surface area contributed by atoms with Gasteiger partial charge in [0.25, 0.3) is 0 Å². The van der Waals surface area contributed by atoms with Crippen LogP contribution in [-0.2, 0) is 9.47 Å². The molecule has 2 aliphatic rings. The van der Waals surface area contributed by atoms with E-state index < -0.39 is 0 Å². The number of benzene rings is 2. The molecule has 1 unspecified atom stereocenters. The Balaban J connectivity index is 1.42. The first kappa shape index (κ1) is 22.9. The Hall–Kier alpha value is -2.30. The van der Waals surface area contributed by atoms with E-state index in [-0.39, 0.29) is 0 Å². The van der Waals surface area contributed by atoms with Crippen molar-refractivity contribution in [2.24, 2.45) is 5.92 Å². The second kappa shape index (κ2) is 11.5. The zero-order valence-electron chi connectivity index (χ0n) is 19.6. The average molecular weight is 436 g/mol. The molecular formula is C28H37NO3. The van der Waals surface area contributed by atoms with Crippen LogP contribution in [0.2, 0.25) is 0 Å². The smallest absolute Gasteiger partial charge is 0.119 e. The lowest BCUT2D eigenvalue weighted by Crippen LogP contribution is -2.30. The number of hydrogen-bond donors (Lipinski definition) is 0. The van der Waals surface area contributed by atoms with E-state index in [4.69, 9.17) is 14.2 Å². The first-order valence-electron chi connectivity index (χ1n) is 12.2. The fourth-order valence-corrected chi connectivity index (χ4v) is 4.45. The van der Waals surface area contributed by atoms with Crippen molar-refractivity contribution in [1.29, 1.82) is 0 Å². The summed E-state index contributed by atoms with van der Waals surface area (Å²) >= 11 is 0. The minimum Gasteiger partial charge on any atom is -0.491 e. The van der Waals surface area contributed by atoms with Crippen LogP contribution in [0.1, 0.15) is 45.1 Å². The highest BCUT2D eigenvalue weighted by Crippen LogP contribution is 2.33. The number of hydrogen-bond acceptors (Lipinski definition) is 4. The van der Waals surface area contributed by atoms with E-state index in [1.165, 1.54) is 34.4 Å². The standard InChI is InChI=1S/C28H37NO3/c1-3-4-14-30-16-17-32-27-8-5-24(6-9-27)25-7-10-28-26(19-25)18-22(2)11-13-29(28)20-23-12-15-31-21-23/h5-10,18-19,23H,3-4,11-17,20-21H2,1-2H3. The first-order valence-corrected chi connectivity index (χ1v) is 12.2. The lowest BCUT2D eigenvalue weighted by Gasteiger charge is -2.28. The summed E-state index contributed by atoms with van der Waals surface area (Å²) in [5, 5.41) is 0. The number of fused-ring (bicyclic) bond motifs is 1. The number of nitrogens with zero attached hydrogens (tertiary/aromatic N) is 1. The van der Waals surface area contributed by atoms with Crippen molar-refractivity contribution >= 4 is 11.8 Å². The third-order valence-corrected chi connectivity index (χ3v) is 6.38. The Labute approximate surface area is 193 Å². The van der Waals surface area contributed by atoms with Crippen molar-refractivity contribution in [3.05, 3.63) is 53.6 Å². The van der Waals surface area contributed by atoms with Crippen LogP contribution in [0.5, 0.6) is 5.75 Å². The molecule has 4 nitrogen and oxygen atoms in total. The highest BCUT2D eigenvalue weighted by atomic mass is 16.5. The van der Waals surface area contributed by atoms with Gasteiger partial charge in [-0.3, -0.25) is 0 Å². The Morgan fingerprint density at radius 3 is 2.66 bits per heavy atom. The van der Waals surface area contributed by atoms with Gasteiger partial charge in [0.05, 0.1) is 13.2 Å². The predicted octanol–water partition coefficient (Wildman–Crippen LogP) is 6.20. The molecule has 2 aromatic rings. The topological polar surface area (TPSA) is 30.9 Å². The fraction of sp³-hybridized carbons (Fsp3) is 0.500. The maximum absolute atomic E-state index is 5.82. The van der Waals surface area contributed by atoms with Gasteiger partial charge in [0.15, 0.2) is 0 Å². The molecule has 0 aliphatic carbocycles. The quantitative estimate of drug-likeness (QED) is 0.416. The molecule has 2 aromatic carbocycles. The van der Waals surface area contributed by atoms with Gasteiger partial charge in [-0.2, -0.15) is 0 Å². The molecule has 0 saturated carbocycles. The molecule has 1 fully saturated rings. The van der Waals surface area contributed by atoms with E-state index in [0.717, 1.165) is 57.9 Å². The molecule has 0 N–H and O–H groups in total. The summed E-state index contributed by atoms with van der Waals surface area (Å²) in [4.78, 5) is 2.56. The van der Waals surface area contributed by atoms with Crippen LogP contribution in [0.25, 0.3) is 17.2 Å². The normalized spacial score (nSPS) is 18.2. The summed E-state index contributed by atoms with van der Waals surface area (Å²) in [5.41, 5.74) is 6.57. The molecule has 0 spiro atoms. The summed E-state index contributed by atoms with van der Waals surface area (Å²) in [6.07, 6.45) is 6.92. The van der Waals surface area contributed by atoms with E-state index in [0.29, 0.717) is 19.1 Å². The lowest BCUT2D eigenvalue weighted by atomic mass is 10.00. The van der Waals surface area contributed by atoms with Crippen molar-refractivity contribution in [2.75, 3.05) is 51.0 Å². The second-order valence-electron chi connectivity index (χ2n) is 9.03. The van der Waals surface area contributed by atoms with Crippen molar-refractivity contribution in [1.82, 2.24) is 0 Å². The second-order valence-corrected chi connectivity index (χ2v) is 9.03. The Kier molecular flexibility index (Phi) is 8.24. The fourth-order valence-electron chi connectivity index (χ4n) is 4.45. The predicted molar refractivity (Wildman–Crippen MR) is 133 cm³/mol. The summed E-state index contributed by atoms with van der Waals surface area (Å²) in [6.45, 7) is 10.4. The van der Waals surface area contributed by atoms with Crippen LogP contribution >= 0.6 is 0 Å². The van der Waals surface area contributed by atoms with Gasteiger partial charge in [-0.05, 0) is 67.1 Å². The van der Waals surface area contributed by atoms with E-state index in [9.17, 15) is 0 Å². The molecule has 2 aliphatic heterocycles. The maximum atomic E-state index is 5.82. The zero-order chi connectivity index (χ0) is 22.2. The van der Waals surface area contributed by atoms with Gasteiger partial charge in [0, 0.05) is 37.9 Å². The molecule has 4 rings (SSSR count). The molecule has 1 saturated heterocycles. The summed E-state index contributed by atoms with van der Waals surface area (Å²) in [7, 11) is 0. The highest BCUT2D eigenvalue weighted by Gasteiger charge is 2.22. The molecule has 2 heterocycles. The molecule has 0 radical (unpaired) electrons. The van der Waals surface area contributed by atoms with Crippen LogP contribution in [0.4, 0.5) is 5.69 Å². The van der Waals surface area contributed by atoms with Gasteiger partial charge in [-0.15, -0.1) is 0 Å². The highest BCUT2D eigenvalue weighted by molar-refractivity contribution is 5.77. The zero-order valence-corrected chi connectivity index (χ0v) is 19.6. The SMILES string of the molecule is CCCCOCCOc1ccc(-c2ccc3c(c2)C=C(C)CCN3CC2CCOC2)cc1. The van der Waals surface area contributed by atoms with E-state index >= 15 is 0 Å². The molecule has 172 valence electrons. The number of unbranched alkanes of at least 4 members (excludes halogenated alkanes) is 1. The molecule has 4 heteroatoms. The number of anilines is 1. The molecule has 0 bridgehead atoms. The Morgan fingerprint density at radius 2 is 1.88 bits per heavy atom. The summed E-state index contributed by atoms with van der Waals surface area (Å²) < 4.78 is 17.0. The molecule has 0 aromatic heterocycles. The van der Waals surface area contributed by atoms with Crippen LogP contribution in [0, 0.1) is 5.92 Å². The van der Waals surface area contributed by atoms with Gasteiger partial charge >= 0.3 is 0 Å². The molecular weight excluding hydrogens is 398 g/mol. The van der Waals surface area contributed by atoms with Gasteiger partial charge in [-0.25, -0.2) is 0 Å².